The Labute approximate surface area is 123 Å². The van der Waals surface area contributed by atoms with Crippen LogP contribution in [-0.2, 0) is 4.79 Å². The molecule has 0 saturated heterocycles. The molecule has 2 rings (SSSR count). The van der Waals surface area contributed by atoms with Crippen LogP contribution >= 0.6 is 0 Å². The van der Waals surface area contributed by atoms with Crippen molar-refractivity contribution in [3.05, 3.63) is 36.4 Å². The Bertz CT molecular complexity index is 615. The van der Waals surface area contributed by atoms with Crippen LogP contribution in [0, 0.1) is 0 Å². The number of ether oxygens (including phenoxy) is 3. The highest BCUT2D eigenvalue weighted by molar-refractivity contribution is 5.77. The predicted molar refractivity (Wildman–Crippen MR) is 81.2 cm³/mol. The van der Waals surface area contributed by atoms with Crippen LogP contribution < -0.4 is 19.5 Å². The van der Waals surface area contributed by atoms with E-state index in [0.29, 0.717) is 23.7 Å². The second-order valence-electron chi connectivity index (χ2n) is 4.26. The molecule has 0 saturated carbocycles. The molecule has 0 heterocycles. The van der Waals surface area contributed by atoms with Crippen molar-refractivity contribution in [3.8, 4) is 28.4 Å². The average Bonchev–Trinajstić information content (AvgIpc) is 2.54. The van der Waals surface area contributed by atoms with Crippen molar-refractivity contribution >= 4 is 12.1 Å². The molecule has 5 heteroatoms. The molecule has 0 aliphatic carbocycles. The molecule has 2 aromatic carbocycles. The molecule has 0 aliphatic heterocycles. The van der Waals surface area contributed by atoms with Gasteiger partial charge in [-0.15, -0.1) is 0 Å². The van der Waals surface area contributed by atoms with Crippen molar-refractivity contribution in [1.29, 1.82) is 0 Å². The van der Waals surface area contributed by atoms with Crippen LogP contribution in [0.3, 0.4) is 0 Å². The number of carbonyl (C=O) groups excluding carboxylic acids is 1. The van der Waals surface area contributed by atoms with E-state index in [1.165, 1.54) is 0 Å². The molecular weight excluding hydrogens is 270 g/mol. The standard InChI is InChI=1S/C16H17NO4/c1-19-14-8-12(9-15(20-2)16(14)21-3)11-5-4-6-13(7-11)17-10-18/h4-10H,1-3H3,(H,17,18). The first-order valence-corrected chi connectivity index (χ1v) is 6.34. The molecule has 0 fully saturated rings. The second kappa shape index (κ2) is 6.65. The lowest BCUT2D eigenvalue weighted by Crippen LogP contribution is -1.96. The first-order valence-electron chi connectivity index (χ1n) is 6.34. The van der Waals surface area contributed by atoms with Crippen molar-refractivity contribution in [1.82, 2.24) is 0 Å². The summed E-state index contributed by atoms with van der Waals surface area (Å²) in [6.07, 6.45) is 0.647. The second-order valence-corrected chi connectivity index (χ2v) is 4.26. The lowest BCUT2D eigenvalue weighted by molar-refractivity contribution is -0.105. The van der Waals surface area contributed by atoms with E-state index in [0.717, 1.165) is 16.8 Å². The van der Waals surface area contributed by atoms with Crippen LogP contribution in [0.15, 0.2) is 36.4 Å². The summed E-state index contributed by atoms with van der Waals surface area (Å²) in [4.78, 5) is 10.5. The predicted octanol–water partition coefficient (Wildman–Crippen LogP) is 2.95. The average molecular weight is 287 g/mol. The molecular formula is C16H17NO4. The van der Waals surface area contributed by atoms with Gasteiger partial charge >= 0.3 is 0 Å². The fourth-order valence-electron chi connectivity index (χ4n) is 2.10. The van der Waals surface area contributed by atoms with Gasteiger partial charge in [-0.3, -0.25) is 4.79 Å². The molecule has 0 aromatic heterocycles. The minimum Gasteiger partial charge on any atom is -0.493 e. The van der Waals surface area contributed by atoms with Gasteiger partial charge in [-0.2, -0.15) is 0 Å². The molecule has 21 heavy (non-hydrogen) atoms. The molecule has 0 spiro atoms. The first kappa shape index (κ1) is 14.7. The highest BCUT2D eigenvalue weighted by atomic mass is 16.5. The third-order valence-electron chi connectivity index (χ3n) is 3.09. The Morgan fingerprint density at radius 2 is 1.57 bits per heavy atom. The Hall–Kier alpha value is -2.69. The van der Waals surface area contributed by atoms with Crippen LogP contribution in [0.25, 0.3) is 11.1 Å². The Balaban J connectivity index is 2.53. The van der Waals surface area contributed by atoms with Crippen LogP contribution in [0.2, 0.25) is 0 Å². The summed E-state index contributed by atoms with van der Waals surface area (Å²) >= 11 is 0. The summed E-state index contributed by atoms with van der Waals surface area (Å²) in [6, 6.07) is 11.2. The molecule has 0 aliphatic rings. The Morgan fingerprint density at radius 3 is 2.10 bits per heavy atom. The van der Waals surface area contributed by atoms with Gasteiger partial charge in [-0.25, -0.2) is 0 Å². The molecule has 0 radical (unpaired) electrons. The number of methoxy groups -OCH3 is 3. The summed E-state index contributed by atoms with van der Waals surface area (Å²) in [6.45, 7) is 0. The van der Waals surface area contributed by atoms with E-state index in [1.807, 2.05) is 36.4 Å². The SMILES string of the molecule is COc1cc(-c2cccc(NC=O)c2)cc(OC)c1OC. The van der Waals surface area contributed by atoms with E-state index in [-0.39, 0.29) is 0 Å². The Morgan fingerprint density at radius 1 is 0.905 bits per heavy atom. The van der Waals surface area contributed by atoms with Crippen molar-refractivity contribution in [2.45, 2.75) is 0 Å². The fraction of sp³-hybridized carbons (Fsp3) is 0.188. The van der Waals surface area contributed by atoms with Crippen LogP contribution in [0.1, 0.15) is 0 Å². The van der Waals surface area contributed by atoms with Gasteiger partial charge in [0, 0.05) is 5.69 Å². The summed E-state index contributed by atoms with van der Waals surface area (Å²) in [5.41, 5.74) is 2.55. The van der Waals surface area contributed by atoms with Crippen molar-refractivity contribution in [3.63, 3.8) is 0 Å². The van der Waals surface area contributed by atoms with Crippen LogP contribution in [0.5, 0.6) is 17.2 Å². The number of hydrogen-bond donors (Lipinski definition) is 1. The lowest BCUT2D eigenvalue weighted by atomic mass is 10.0. The van der Waals surface area contributed by atoms with E-state index >= 15 is 0 Å². The summed E-state index contributed by atoms with van der Waals surface area (Å²) in [5, 5.41) is 2.63. The highest BCUT2D eigenvalue weighted by Crippen LogP contribution is 2.41. The molecule has 2 aromatic rings. The quantitative estimate of drug-likeness (QED) is 0.830. The van der Waals surface area contributed by atoms with Crippen molar-refractivity contribution in [2.75, 3.05) is 26.6 Å². The zero-order valence-corrected chi connectivity index (χ0v) is 12.2. The maximum atomic E-state index is 10.5. The zero-order chi connectivity index (χ0) is 15.2. The van der Waals surface area contributed by atoms with Gasteiger partial charge in [0.15, 0.2) is 11.5 Å². The van der Waals surface area contributed by atoms with Crippen molar-refractivity contribution < 1.29 is 19.0 Å². The van der Waals surface area contributed by atoms with Gasteiger partial charge in [0.25, 0.3) is 0 Å². The van der Waals surface area contributed by atoms with Gasteiger partial charge in [0.1, 0.15) is 0 Å². The van der Waals surface area contributed by atoms with Gasteiger partial charge in [-0.05, 0) is 35.4 Å². The third kappa shape index (κ3) is 3.08. The minimum atomic E-state index is 0.547. The number of amides is 1. The smallest absolute Gasteiger partial charge is 0.211 e. The van der Waals surface area contributed by atoms with Crippen LogP contribution in [0.4, 0.5) is 5.69 Å². The number of benzene rings is 2. The van der Waals surface area contributed by atoms with Gasteiger partial charge in [0.2, 0.25) is 12.2 Å². The Kier molecular flexibility index (Phi) is 4.66. The molecule has 110 valence electrons. The van der Waals surface area contributed by atoms with E-state index in [9.17, 15) is 4.79 Å². The van der Waals surface area contributed by atoms with E-state index in [1.54, 1.807) is 21.3 Å². The number of hydrogen-bond acceptors (Lipinski definition) is 4. The maximum Gasteiger partial charge on any atom is 0.211 e. The van der Waals surface area contributed by atoms with Crippen molar-refractivity contribution in [2.24, 2.45) is 0 Å². The largest absolute Gasteiger partial charge is 0.493 e. The molecule has 0 unspecified atom stereocenters. The summed E-state index contributed by atoms with van der Waals surface area (Å²) in [7, 11) is 4.71. The molecule has 0 bridgehead atoms. The monoisotopic (exact) mass is 287 g/mol. The molecule has 1 N–H and O–H groups in total. The van der Waals surface area contributed by atoms with Gasteiger partial charge in [0.05, 0.1) is 21.3 Å². The normalized spacial score (nSPS) is 9.86. The number of anilines is 1. The molecule has 1 amide bonds. The molecule has 0 atom stereocenters. The van der Waals surface area contributed by atoms with Gasteiger partial charge in [-0.1, -0.05) is 12.1 Å². The van der Waals surface area contributed by atoms with Crippen LogP contribution in [-0.4, -0.2) is 27.7 Å². The van der Waals surface area contributed by atoms with E-state index < -0.39 is 0 Å². The highest BCUT2D eigenvalue weighted by Gasteiger charge is 2.14. The lowest BCUT2D eigenvalue weighted by Gasteiger charge is -2.14. The molecule has 5 nitrogen and oxygen atoms in total. The summed E-state index contributed by atoms with van der Waals surface area (Å²) < 4.78 is 16.0. The number of carbonyl (C=O) groups is 1. The third-order valence-corrected chi connectivity index (χ3v) is 3.09. The number of rotatable bonds is 6. The van der Waals surface area contributed by atoms with Gasteiger partial charge < -0.3 is 19.5 Å². The topological polar surface area (TPSA) is 56.8 Å². The maximum absolute atomic E-state index is 10.5. The zero-order valence-electron chi connectivity index (χ0n) is 12.2. The first-order chi connectivity index (χ1) is 10.2. The fourth-order valence-corrected chi connectivity index (χ4v) is 2.10. The van der Waals surface area contributed by atoms with E-state index in [4.69, 9.17) is 14.2 Å². The minimum absolute atomic E-state index is 0.547. The van der Waals surface area contributed by atoms with E-state index in [2.05, 4.69) is 5.32 Å². The number of nitrogens with one attached hydrogen (secondary N) is 1. The summed E-state index contributed by atoms with van der Waals surface area (Å²) in [5.74, 6) is 1.71.